The van der Waals surface area contributed by atoms with Gasteiger partial charge in [-0.1, -0.05) is 12.1 Å². The summed E-state index contributed by atoms with van der Waals surface area (Å²) in [5.41, 5.74) is 0.996. The van der Waals surface area contributed by atoms with Gasteiger partial charge in [-0.25, -0.2) is 9.49 Å². The summed E-state index contributed by atoms with van der Waals surface area (Å²) in [6.07, 6.45) is 3.12. The Morgan fingerprint density at radius 1 is 1.43 bits per heavy atom. The van der Waals surface area contributed by atoms with Gasteiger partial charge in [0.1, 0.15) is 12.1 Å². The molecule has 0 spiro atoms. The van der Waals surface area contributed by atoms with Gasteiger partial charge in [0.15, 0.2) is 0 Å². The van der Waals surface area contributed by atoms with Gasteiger partial charge < -0.3 is 0 Å². The van der Waals surface area contributed by atoms with Crippen LogP contribution in [0.5, 0.6) is 0 Å². The summed E-state index contributed by atoms with van der Waals surface area (Å²) < 4.78 is 12.9. The van der Waals surface area contributed by atoms with Gasteiger partial charge in [0.25, 0.3) is 0 Å². The lowest BCUT2D eigenvalue weighted by atomic mass is 10.1. The molecule has 1 aliphatic heterocycles. The molecule has 1 aliphatic rings. The third kappa shape index (κ3) is 3.25. The van der Waals surface area contributed by atoms with E-state index in [0.29, 0.717) is 12.5 Å². The van der Waals surface area contributed by atoms with Crippen molar-refractivity contribution in [2.45, 2.75) is 25.4 Å². The van der Waals surface area contributed by atoms with E-state index in [1.165, 1.54) is 18.5 Å². The summed E-state index contributed by atoms with van der Waals surface area (Å²) in [4.78, 5) is 18.3. The van der Waals surface area contributed by atoms with Gasteiger partial charge in [0.2, 0.25) is 11.9 Å². The minimum atomic E-state index is -0.250. The molecule has 110 valence electrons. The molecule has 2 N–H and O–H groups in total. The van der Waals surface area contributed by atoms with E-state index in [0.717, 1.165) is 24.9 Å². The third-order valence-electron chi connectivity index (χ3n) is 3.62. The number of aromatic nitrogens is 3. The number of aromatic amines is 1. The molecular weight excluding hydrogens is 273 g/mol. The average molecular weight is 289 g/mol. The fourth-order valence-corrected chi connectivity index (χ4v) is 2.60. The highest BCUT2D eigenvalue weighted by atomic mass is 19.1. The number of anilines is 1. The minimum absolute atomic E-state index is 0.0913. The summed E-state index contributed by atoms with van der Waals surface area (Å²) in [7, 11) is 0. The number of hydrogen-bond donors (Lipinski definition) is 2. The number of rotatable bonds is 4. The molecule has 0 radical (unpaired) electrons. The molecule has 3 rings (SSSR count). The number of likely N-dealkylation sites (tertiary alicyclic amines) is 1. The van der Waals surface area contributed by atoms with Gasteiger partial charge in [-0.15, -0.1) is 0 Å². The zero-order valence-electron chi connectivity index (χ0n) is 11.4. The number of carbonyl (C=O) groups excluding carboxylic acids is 1. The number of halogens is 1. The Hall–Kier alpha value is -2.28. The summed E-state index contributed by atoms with van der Waals surface area (Å²) in [5, 5.41) is 9.02. The largest absolute Gasteiger partial charge is 0.294 e. The standard InChI is InChI=1S/C14H16FN5O/c15-11-5-3-10(4-6-11)8-20-7-1-2-12(20)13(21)18-14-16-9-17-19-14/h3-6,9,12H,1-2,7-8H2,(H2,16,17,18,19,21)/t12-/m1/s1. The molecule has 1 fully saturated rings. The van der Waals surface area contributed by atoms with Crippen LogP contribution in [0.2, 0.25) is 0 Å². The molecule has 0 bridgehead atoms. The highest BCUT2D eigenvalue weighted by Gasteiger charge is 2.30. The second-order valence-corrected chi connectivity index (χ2v) is 5.08. The van der Waals surface area contributed by atoms with Crippen molar-refractivity contribution in [2.24, 2.45) is 0 Å². The second-order valence-electron chi connectivity index (χ2n) is 5.08. The lowest BCUT2D eigenvalue weighted by Gasteiger charge is -2.23. The predicted octanol–water partition coefficient (Wildman–Crippen LogP) is 1.55. The van der Waals surface area contributed by atoms with E-state index in [9.17, 15) is 9.18 Å². The first-order chi connectivity index (χ1) is 10.2. The van der Waals surface area contributed by atoms with Gasteiger partial charge in [-0.05, 0) is 37.1 Å². The van der Waals surface area contributed by atoms with Gasteiger partial charge in [0.05, 0.1) is 6.04 Å². The van der Waals surface area contributed by atoms with Crippen molar-refractivity contribution in [1.29, 1.82) is 0 Å². The van der Waals surface area contributed by atoms with Crippen LogP contribution in [0.4, 0.5) is 10.3 Å². The molecule has 0 unspecified atom stereocenters. The quantitative estimate of drug-likeness (QED) is 0.895. The van der Waals surface area contributed by atoms with Crippen LogP contribution in [0.25, 0.3) is 0 Å². The van der Waals surface area contributed by atoms with E-state index < -0.39 is 0 Å². The van der Waals surface area contributed by atoms with Crippen molar-refractivity contribution in [3.8, 4) is 0 Å². The van der Waals surface area contributed by atoms with Crippen molar-refractivity contribution in [2.75, 3.05) is 11.9 Å². The highest BCUT2D eigenvalue weighted by Crippen LogP contribution is 2.21. The Bertz CT molecular complexity index is 598. The van der Waals surface area contributed by atoms with Crippen LogP contribution < -0.4 is 5.32 Å². The molecule has 1 saturated heterocycles. The Morgan fingerprint density at radius 3 is 2.95 bits per heavy atom. The van der Waals surface area contributed by atoms with Crippen molar-refractivity contribution in [3.05, 3.63) is 42.0 Å². The molecule has 2 aromatic rings. The van der Waals surface area contributed by atoms with E-state index in [1.807, 2.05) is 0 Å². The van der Waals surface area contributed by atoms with Gasteiger partial charge in [0, 0.05) is 6.54 Å². The molecule has 0 aliphatic carbocycles. The van der Waals surface area contributed by atoms with Gasteiger partial charge in [-0.3, -0.25) is 15.0 Å². The number of nitrogens with zero attached hydrogens (tertiary/aromatic N) is 3. The monoisotopic (exact) mass is 289 g/mol. The Labute approximate surface area is 121 Å². The topological polar surface area (TPSA) is 73.9 Å². The Kier molecular flexibility index (Phi) is 3.92. The molecule has 6 nitrogen and oxygen atoms in total. The molecule has 7 heteroatoms. The zero-order chi connectivity index (χ0) is 14.7. The first-order valence-electron chi connectivity index (χ1n) is 6.87. The number of H-pyrrole nitrogens is 1. The smallest absolute Gasteiger partial charge is 0.244 e. The zero-order valence-corrected chi connectivity index (χ0v) is 11.4. The maximum Gasteiger partial charge on any atom is 0.244 e. The lowest BCUT2D eigenvalue weighted by molar-refractivity contribution is -0.120. The Balaban J connectivity index is 1.64. The van der Waals surface area contributed by atoms with E-state index in [-0.39, 0.29) is 17.8 Å². The van der Waals surface area contributed by atoms with Crippen LogP contribution in [0.15, 0.2) is 30.6 Å². The minimum Gasteiger partial charge on any atom is -0.294 e. The first-order valence-corrected chi connectivity index (χ1v) is 6.87. The van der Waals surface area contributed by atoms with E-state index >= 15 is 0 Å². The van der Waals surface area contributed by atoms with E-state index in [4.69, 9.17) is 0 Å². The molecular formula is C14H16FN5O. The highest BCUT2D eigenvalue weighted by molar-refractivity contribution is 5.93. The fraction of sp³-hybridized carbons (Fsp3) is 0.357. The summed E-state index contributed by atoms with van der Waals surface area (Å²) in [6, 6.07) is 6.18. The maximum atomic E-state index is 12.9. The normalized spacial score (nSPS) is 18.8. The van der Waals surface area contributed by atoms with Gasteiger partial charge in [-0.2, -0.15) is 10.1 Å². The van der Waals surface area contributed by atoms with Crippen LogP contribution in [0.1, 0.15) is 18.4 Å². The van der Waals surface area contributed by atoms with Crippen molar-refractivity contribution < 1.29 is 9.18 Å². The maximum absolute atomic E-state index is 12.9. The van der Waals surface area contributed by atoms with Crippen LogP contribution in [0, 0.1) is 5.82 Å². The molecule has 21 heavy (non-hydrogen) atoms. The molecule has 1 aromatic carbocycles. The lowest BCUT2D eigenvalue weighted by Crippen LogP contribution is -2.39. The molecule has 2 heterocycles. The number of benzene rings is 1. The van der Waals surface area contributed by atoms with E-state index in [2.05, 4.69) is 25.4 Å². The van der Waals surface area contributed by atoms with Crippen LogP contribution >= 0.6 is 0 Å². The van der Waals surface area contributed by atoms with Crippen molar-refractivity contribution in [1.82, 2.24) is 20.1 Å². The summed E-state index contributed by atoms with van der Waals surface area (Å²) in [5.74, 6) is 0.0137. The van der Waals surface area contributed by atoms with Crippen LogP contribution in [-0.4, -0.2) is 38.6 Å². The summed E-state index contributed by atoms with van der Waals surface area (Å²) >= 11 is 0. The summed E-state index contributed by atoms with van der Waals surface area (Å²) in [6.45, 7) is 1.49. The third-order valence-corrected chi connectivity index (χ3v) is 3.62. The molecule has 1 amide bonds. The first kappa shape index (κ1) is 13.7. The van der Waals surface area contributed by atoms with E-state index in [1.54, 1.807) is 12.1 Å². The number of nitrogens with one attached hydrogen (secondary N) is 2. The van der Waals surface area contributed by atoms with Crippen molar-refractivity contribution in [3.63, 3.8) is 0 Å². The number of hydrogen-bond acceptors (Lipinski definition) is 4. The van der Waals surface area contributed by atoms with Crippen molar-refractivity contribution >= 4 is 11.9 Å². The van der Waals surface area contributed by atoms with Crippen LogP contribution in [-0.2, 0) is 11.3 Å². The number of amides is 1. The Morgan fingerprint density at radius 2 is 2.24 bits per heavy atom. The fourth-order valence-electron chi connectivity index (χ4n) is 2.60. The van der Waals surface area contributed by atoms with Gasteiger partial charge >= 0.3 is 0 Å². The number of carbonyl (C=O) groups is 1. The molecule has 1 aromatic heterocycles. The average Bonchev–Trinajstić information content (AvgIpc) is 3.13. The second kappa shape index (κ2) is 6.01. The predicted molar refractivity (Wildman–Crippen MR) is 74.8 cm³/mol. The molecule has 1 atom stereocenters. The molecule has 0 saturated carbocycles. The van der Waals surface area contributed by atoms with Crippen LogP contribution in [0.3, 0.4) is 0 Å². The SMILES string of the molecule is O=C(Nc1ncn[nH]1)[C@H]1CCCN1Cc1ccc(F)cc1.